The fourth-order valence-corrected chi connectivity index (χ4v) is 1.66. The minimum atomic E-state index is -0.626. The first-order valence-corrected chi connectivity index (χ1v) is 6.82. The normalized spacial score (nSPS) is 11.2. The summed E-state index contributed by atoms with van der Waals surface area (Å²) in [5, 5.41) is 2.93. The van der Waals surface area contributed by atoms with E-state index in [0.29, 0.717) is 11.4 Å². The molecule has 0 bridgehead atoms. The average molecular weight is 291 g/mol. The van der Waals surface area contributed by atoms with Gasteiger partial charge in [-0.2, -0.15) is 0 Å². The number of esters is 1. The second-order valence-electron chi connectivity index (χ2n) is 4.64. The van der Waals surface area contributed by atoms with Crippen LogP contribution in [0.25, 0.3) is 0 Å². The van der Waals surface area contributed by atoms with Crippen molar-refractivity contribution in [1.82, 2.24) is 0 Å². The van der Waals surface area contributed by atoms with E-state index in [-0.39, 0.29) is 23.9 Å². The van der Waals surface area contributed by atoms with Gasteiger partial charge in [0.2, 0.25) is 0 Å². The third kappa shape index (κ3) is 4.63. The van der Waals surface area contributed by atoms with Crippen LogP contribution in [0.5, 0.6) is 5.75 Å². The number of rotatable bonds is 7. The lowest BCUT2D eigenvalue weighted by Crippen LogP contribution is -2.21. The number of methoxy groups -OCH3 is 1. The number of nitrogens with one attached hydrogen (secondary N) is 1. The minimum absolute atomic E-state index is 0.00208. The maximum atomic E-state index is 12.1. The number of anilines is 1. The van der Waals surface area contributed by atoms with Gasteiger partial charge in [-0.1, -0.05) is 26.0 Å². The molecule has 5 heteroatoms. The van der Waals surface area contributed by atoms with Crippen molar-refractivity contribution in [3.8, 4) is 5.75 Å². The molecule has 0 fully saturated rings. The molecule has 0 heterocycles. The first-order chi connectivity index (χ1) is 10.0. The van der Waals surface area contributed by atoms with Crippen LogP contribution >= 0.6 is 0 Å². The summed E-state index contributed by atoms with van der Waals surface area (Å²) >= 11 is 0. The summed E-state index contributed by atoms with van der Waals surface area (Å²) in [6, 6.07) is 7.23. The van der Waals surface area contributed by atoms with E-state index in [4.69, 9.17) is 9.47 Å². The fraction of sp³-hybridized carbons (Fsp3) is 0.375. The first kappa shape index (κ1) is 16.8. The van der Waals surface area contributed by atoms with Gasteiger partial charge in [-0.25, -0.2) is 4.79 Å². The van der Waals surface area contributed by atoms with Gasteiger partial charge in [-0.15, -0.1) is 0 Å². The molecule has 0 saturated carbocycles. The van der Waals surface area contributed by atoms with E-state index >= 15 is 0 Å². The largest absolute Gasteiger partial charge is 0.495 e. The second-order valence-corrected chi connectivity index (χ2v) is 4.64. The van der Waals surface area contributed by atoms with E-state index in [1.165, 1.54) is 6.20 Å². The van der Waals surface area contributed by atoms with Gasteiger partial charge in [0.1, 0.15) is 11.3 Å². The van der Waals surface area contributed by atoms with Crippen molar-refractivity contribution in [3.63, 3.8) is 0 Å². The molecule has 1 aromatic carbocycles. The molecule has 0 spiro atoms. The third-order valence-electron chi connectivity index (χ3n) is 2.76. The molecule has 0 aromatic heterocycles. The van der Waals surface area contributed by atoms with Crippen molar-refractivity contribution >= 4 is 17.4 Å². The Labute approximate surface area is 124 Å². The van der Waals surface area contributed by atoms with Gasteiger partial charge >= 0.3 is 5.97 Å². The Kier molecular flexibility index (Phi) is 6.46. The first-order valence-electron chi connectivity index (χ1n) is 6.82. The highest BCUT2D eigenvalue weighted by Crippen LogP contribution is 2.23. The van der Waals surface area contributed by atoms with Crippen molar-refractivity contribution in [3.05, 3.63) is 36.0 Å². The molecule has 5 nitrogen and oxygen atoms in total. The summed E-state index contributed by atoms with van der Waals surface area (Å²) in [6.07, 6.45) is 1.37. The number of ketones is 1. The number of carbonyl (C=O) groups excluding carboxylic acids is 2. The molecule has 0 saturated heterocycles. The molecule has 114 valence electrons. The second kappa shape index (κ2) is 8.09. The van der Waals surface area contributed by atoms with Crippen LogP contribution in [-0.2, 0) is 14.3 Å². The summed E-state index contributed by atoms with van der Waals surface area (Å²) in [7, 11) is 1.55. The molecule has 1 N–H and O–H groups in total. The Balaban J connectivity index is 3.03. The lowest BCUT2D eigenvalue weighted by Gasteiger charge is -2.11. The van der Waals surface area contributed by atoms with Crippen LogP contribution in [-0.4, -0.2) is 25.5 Å². The Morgan fingerprint density at radius 2 is 1.95 bits per heavy atom. The van der Waals surface area contributed by atoms with E-state index in [2.05, 4.69) is 5.32 Å². The van der Waals surface area contributed by atoms with Crippen molar-refractivity contribution in [1.29, 1.82) is 0 Å². The molecule has 0 amide bonds. The zero-order valence-corrected chi connectivity index (χ0v) is 12.8. The molecule has 0 unspecified atom stereocenters. The monoisotopic (exact) mass is 291 g/mol. The zero-order valence-electron chi connectivity index (χ0n) is 12.8. The van der Waals surface area contributed by atoms with Crippen LogP contribution in [0.3, 0.4) is 0 Å². The number of ether oxygens (including phenoxy) is 2. The number of benzene rings is 1. The molecule has 0 aliphatic heterocycles. The van der Waals surface area contributed by atoms with E-state index in [0.717, 1.165) is 0 Å². The van der Waals surface area contributed by atoms with E-state index < -0.39 is 5.97 Å². The minimum Gasteiger partial charge on any atom is -0.495 e. The van der Waals surface area contributed by atoms with Gasteiger partial charge in [0.05, 0.1) is 19.4 Å². The van der Waals surface area contributed by atoms with Crippen LogP contribution in [0.2, 0.25) is 0 Å². The highest BCUT2D eigenvalue weighted by atomic mass is 16.5. The predicted molar refractivity (Wildman–Crippen MR) is 81.2 cm³/mol. The lowest BCUT2D eigenvalue weighted by molar-refractivity contribution is -0.140. The van der Waals surface area contributed by atoms with Crippen molar-refractivity contribution < 1.29 is 19.1 Å². The van der Waals surface area contributed by atoms with Crippen molar-refractivity contribution in [2.45, 2.75) is 20.8 Å². The molecule has 21 heavy (non-hydrogen) atoms. The number of Topliss-reactive ketones (excluding diaryl/α,β-unsaturated/α-hetero) is 1. The van der Waals surface area contributed by atoms with Gasteiger partial charge in [0, 0.05) is 12.1 Å². The van der Waals surface area contributed by atoms with Gasteiger partial charge < -0.3 is 14.8 Å². The molecular formula is C16H21NO4. The number of hydrogen-bond donors (Lipinski definition) is 1. The summed E-state index contributed by atoms with van der Waals surface area (Å²) in [6.45, 7) is 5.39. The summed E-state index contributed by atoms with van der Waals surface area (Å²) in [5.74, 6) is -0.566. The van der Waals surface area contributed by atoms with Crippen LogP contribution in [0.4, 0.5) is 5.69 Å². The molecule has 0 atom stereocenters. The lowest BCUT2D eigenvalue weighted by atomic mass is 10.0. The number of hydrogen-bond acceptors (Lipinski definition) is 5. The Bertz CT molecular complexity index is 535. The van der Waals surface area contributed by atoms with Crippen LogP contribution in [0.15, 0.2) is 36.0 Å². The Hall–Kier alpha value is -2.30. The maximum absolute atomic E-state index is 12.1. The van der Waals surface area contributed by atoms with Crippen molar-refractivity contribution in [2.24, 2.45) is 5.92 Å². The van der Waals surface area contributed by atoms with Gasteiger partial charge in [-0.05, 0) is 19.1 Å². The molecule has 0 aliphatic rings. The fourth-order valence-electron chi connectivity index (χ4n) is 1.66. The third-order valence-corrected chi connectivity index (χ3v) is 2.76. The Morgan fingerprint density at radius 1 is 1.29 bits per heavy atom. The number of carbonyl (C=O) groups is 2. The summed E-state index contributed by atoms with van der Waals surface area (Å²) in [4.78, 5) is 24.0. The average Bonchev–Trinajstić information content (AvgIpc) is 2.47. The van der Waals surface area contributed by atoms with Crippen LogP contribution in [0, 0.1) is 5.92 Å². The van der Waals surface area contributed by atoms with E-state index in [1.807, 2.05) is 12.1 Å². The molecular weight excluding hydrogens is 270 g/mol. The Morgan fingerprint density at radius 3 is 2.52 bits per heavy atom. The SMILES string of the molecule is CCOC(=O)C(=CNc1ccccc1OC)C(=O)C(C)C. The van der Waals surface area contributed by atoms with Crippen LogP contribution in [0.1, 0.15) is 20.8 Å². The maximum Gasteiger partial charge on any atom is 0.343 e. The van der Waals surface area contributed by atoms with Crippen molar-refractivity contribution in [2.75, 3.05) is 19.0 Å². The predicted octanol–water partition coefficient (Wildman–Crippen LogP) is 2.78. The van der Waals surface area contributed by atoms with Gasteiger partial charge in [-0.3, -0.25) is 4.79 Å². The molecule has 1 aromatic rings. The topological polar surface area (TPSA) is 64.6 Å². The zero-order chi connectivity index (χ0) is 15.8. The summed E-state index contributed by atoms with van der Waals surface area (Å²) in [5.41, 5.74) is 0.663. The smallest absolute Gasteiger partial charge is 0.343 e. The highest BCUT2D eigenvalue weighted by molar-refractivity contribution is 6.18. The summed E-state index contributed by atoms with van der Waals surface area (Å²) < 4.78 is 10.1. The molecule has 0 aliphatic carbocycles. The van der Waals surface area contributed by atoms with Gasteiger partial charge in [0.25, 0.3) is 0 Å². The highest BCUT2D eigenvalue weighted by Gasteiger charge is 2.22. The van der Waals surface area contributed by atoms with Gasteiger partial charge in [0.15, 0.2) is 5.78 Å². The molecule has 0 radical (unpaired) electrons. The number of para-hydroxylation sites is 2. The van der Waals surface area contributed by atoms with E-state index in [1.54, 1.807) is 40.0 Å². The quantitative estimate of drug-likeness (QED) is 0.362. The van der Waals surface area contributed by atoms with E-state index in [9.17, 15) is 9.59 Å². The van der Waals surface area contributed by atoms with Crippen LogP contribution < -0.4 is 10.1 Å². The standard InChI is InChI=1S/C16H21NO4/c1-5-21-16(19)12(15(18)11(2)3)10-17-13-8-6-7-9-14(13)20-4/h6-11,17H,5H2,1-4H3. The molecule has 1 rings (SSSR count).